The van der Waals surface area contributed by atoms with E-state index >= 15 is 0 Å². The first-order valence-electron chi connectivity index (χ1n) is 16.2. The summed E-state index contributed by atoms with van der Waals surface area (Å²) in [5, 5.41) is 2.68. The highest BCUT2D eigenvalue weighted by atomic mass is 15.2. The molecular formula is C44H41N. The number of benzene rings is 5. The fourth-order valence-corrected chi connectivity index (χ4v) is 7.38. The summed E-state index contributed by atoms with van der Waals surface area (Å²) in [4.78, 5) is 2.53. The predicted octanol–water partition coefficient (Wildman–Crippen LogP) is 9.76. The number of hydrogen-bond acceptors (Lipinski definition) is 1. The maximum atomic E-state index is 2.53. The Morgan fingerprint density at radius 1 is 0.600 bits per heavy atom. The molecule has 0 heterocycles. The van der Waals surface area contributed by atoms with Gasteiger partial charge in [-0.15, -0.1) is 0 Å². The molecule has 0 aromatic heterocycles. The van der Waals surface area contributed by atoms with Crippen LogP contribution in [0, 0.1) is 33.6 Å². The molecule has 5 aromatic carbocycles. The highest BCUT2D eigenvalue weighted by Crippen LogP contribution is 2.45. The van der Waals surface area contributed by atoms with E-state index in [1.54, 1.807) is 0 Å². The van der Waals surface area contributed by atoms with Crippen molar-refractivity contribution in [3.05, 3.63) is 189 Å². The van der Waals surface area contributed by atoms with Crippen molar-refractivity contribution in [1.82, 2.24) is 0 Å². The van der Waals surface area contributed by atoms with E-state index in [4.69, 9.17) is 0 Å². The minimum absolute atomic E-state index is 0.247. The van der Waals surface area contributed by atoms with E-state index in [1.165, 1.54) is 72.0 Å². The zero-order valence-corrected chi connectivity index (χ0v) is 26.8. The second kappa shape index (κ2) is 12.3. The van der Waals surface area contributed by atoms with Gasteiger partial charge in [-0.2, -0.15) is 0 Å². The molecule has 7 rings (SSSR count). The fraction of sp³-hybridized carbons (Fsp3) is 0.182. The molecule has 0 saturated heterocycles. The van der Waals surface area contributed by atoms with Gasteiger partial charge < -0.3 is 4.90 Å². The normalized spacial score (nSPS) is 15.5. The Hall–Kier alpha value is -4.88. The van der Waals surface area contributed by atoms with Gasteiger partial charge in [0.2, 0.25) is 0 Å². The Balaban J connectivity index is 1.52. The molecule has 45 heavy (non-hydrogen) atoms. The molecule has 1 unspecified atom stereocenters. The van der Waals surface area contributed by atoms with Crippen molar-refractivity contribution in [2.75, 3.05) is 4.90 Å². The number of nitrogens with zero attached hydrogens (tertiary/aromatic N) is 1. The molecule has 0 spiro atoms. The van der Waals surface area contributed by atoms with Crippen LogP contribution in [0.2, 0.25) is 0 Å². The Bertz CT molecular complexity index is 1980. The Morgan fingerprint density at radius 2 is 1.13 bits per heavy atom. The Labute approximate surface area is 268 Å². The monoisotopic (exact) mass is 583 g/mol. The summed E-state index contributed by atoms with van der Waals surface area (Å²) in [5.41, 5.74) is 14.6. The van der Waals surface area contributed by atoms with Gasteiger partial charge >= 0.3 is 0 Å². The summed E-state index contributed by atoms with van der Waals surface area (Å²) in [6.45, 7) is 8.79. The fourth-order valence-electron chi connectivity index (χ4n) is 7.38. The molecule has 0 N–H and O–H groups in total. The van der Waals surface area contributed by atoms with Crippen LogP contribution in [0.1, 0.15) is 52.1 Å². The highest BCUT2D eigenvalue weighted by Gasteiger charge is 2.33. The van der Waals surface area contributed by atoms with Gasteiger partial charge in [0.05, 0.1) is 0 Å². The van der Waals surface area contributed by atoms with Crippen molar-refractivity contribution in [2.24, 2.45) is 5.92 Å². The van der Waals surface area contributed by atoms with E-state index in [9.17, 15) is 0 Å². The van der Waals surface area contributed by atoms with Crippen LogP contribution in [0.4, 0.5) is 11.4 Å². The van der Waals surface area contributed by atoms with E-state index in [0.29, 0.717) is 0 Å². The summed E-state index contributed by atoms with van der Waals surface area (Å²) in [7, 11) is 0. The van der Waals surface area contributed by atoms with Crippen LogP contribution in [-0.4, -0.2) is 0 Å². The molecule has 1 heteroatoms. The van der Waals surface area contributed by atoms with E-state index < -0.39 is 0 Å². The van der Waals surface area contributed by atoms with Crippen molar-refractivity contribution < 1.29 is 0 Å². The average Bonchev–Trinajstić information content (AvgIpc) is 3.04. The molecule has 0 aliphatic heterocycles. The van der Waals surface area contributed by atoms with E-state index in [1.807, 2.05) is 0 Å². The predicted molar refractivity (Wildman–Crippen MR) is 191 cm³/mol. The number of allylic oxidation sites excluding steroid dienone is 3. The molecule has 5 aromatic rings. The van der Waals surface area contributed by atoms with Crippen molar-refractivity contribution in [2.45, 2.75) is 46.5 Å². The van der Waals surface area contributed by atoms with Gasteiger partial charge in [-0.25, -0.2) is 0 Å². The molecule has 222 valence electrons. The van der Waals surface area contributed by atoms with Crippen molar-refractivity contribution in [3.63, 3.8) is 0 Å². The lowest BCUT2D eigenvalue weighted by Gasteiger charge is -2.38. The van der Waals surface area contributed by atoms with E-state index in [-0.39, 0.29) is 11.8 Å². The van der Waals surface area contributed by atoms with Crippen LogP contribution >= 0.6 is 0 Å². The Morgan fingerprint density at radius 3 is 1.69 bits per heavy atom. The highest BCUT2D eigenvalue weighted by molar-refractivity contribution is 5.88. The maximum absolute atomic E-state index is 2.53. The summed E-state index contributed by atoms with van der Waals surface area (Å²) < 4.78 is 0. The first-order chi connectivity index (χ1) is 22.0. The van der Waals surface area contributed by atoms with Crippen LogP contribution in [0.3, 0.4) is 0 Å². The van der Waals surface area contributed by atoms with Crippen LogP contribution in [-0.2, 0) is 0 Å². The summed E-state index contributed by atoms with van der Waals surface area (Å²) in [6, 6.07) is 45.3. The third-order valence-electron chi connectivity index (χ3n) is 9.42. The molecule has 0 fully saturated rings. The Kier molecular flexibility index (Phi) is 7.86. The van der Waals surface area contributed by atoms with E-state index in [2.05, 4.69) is 172 Å². The van der Waals surface area contributed by atoms with Crippen LogP contribution in [0.25, 0.3) is 11.3 Å². The number of fused-ring (bicyclic) bond motifs is 2. The standard InChI is InChI=1S/C44H41N/c1-30-13-9-17-34(25-30)42(35-18-10-14-31(2)26-35)29-43-38-21-5-7-23-40(38)44(41-24-8-6-22-39(41)43)45(36-19-11-15-32(3)27-36)37-20-12-16-33(4)28-37/h5-23,25-28,41-42H,24,29H2,1-4H3. The largest absolute Gasteiger partial charge is 0.313 e. The summed E-state index contributed by atoms with van der Waals surface area (Å²) in [6.07, 6.45) is 8.95. The number of rotatable bonds is 7. The molecule has 0 bridgehead atoms. The van der Waals surface area contributed by atoms with Crippen LogP contribution in [0.5, 0.6) is 0 Å². The van der Waals surface area contributed by atoms with Crippen LogP contribution in [0.15, 0.2) is 145 Å². The third kappa shape index (κ3) is 5.71. The number of aryl methyl sites for hydroxylation is 4. The molecule has 1 nitrogen and oxygen atoms in total. The first kappa shape index (κ1) is 28.9. The molecule has 2 aliphatic rings. The van der Waals surface area contributed by atoms with Gasteiger partial charge in [0.15, 0.2) is 0 Å². The quantitative estimate of drug-likeness (QED) is 0.184. The molecule has 2 aliphatic carbocycles. The zero-order chi connectivity index (χ0) is 30.9. The van der Waals surface area contributed by atoms with Gasteiger partial charge in [0, 0.05) is 34.1 Å². The zero-order valence-electron chi connectivity index (χ0n) is 26.8. The number of anilines is 2. The second-order valence-electron chi connectivity index (χ2n) is 12.8. The third-order valence-corrected chi connectivity index (χ3v) is 9.42. The van der Waals surface area contributed by atoms with Gasteiger partial charge in [-0.05, 0) is 103 Å². The van der Waals surface area contributed by atoms with Gasteiger partial charge in [-0.1, -0.05) is 126 Å². The summed E-state index contributed by atoms with van der Waals surface area (Å²) in [5.74, 6) is 0.503. The first-order valence-corrected chi connectivity index (χ1v) is 16.2. The van der Waals surface area contributed by atoms with Crippen molar-refractivity contribution in [3.8, 4) is 0 Å². The minimum Gasteiger partial charge on any atom is -0.313 e. The molecule has 0 radical (unpaired) electrons. The van der Waals surface area contributed by atoms with Gasteiger partial charge in [0.25, 0.3) is 0 Å². The van der Waals surface area contributed by atoms with Crippen molar-refractivity contribution >= 4 is 22.6 Å². The van der Waals surface area contributed by atoms with Gasteiger partial charge in [0.1, 0.15) is 0 Å². The molecule has 0 saturated carbocycles. The lowest BCUT2D eigenvalue weighted by atomic mass is 9.74. The van der Waals surface area contributed by atoms with E-state index in [0.717, 1.165) is 12.8 Å². The summed E-state index contributed by atoms with van der Waals surface area (Å²) >= 11 is 0. The smallest absolute Gasteiger partial charge is 0.0461 e. The van der Waals surface area contributed by atoms with Crippen molar-refractivity contribution in [1.29, 1.82) is 0 Å². The van der Waals surface area contributed by atoms with Gasteiger partial charge in [-0.3, -0.25) is 0 Å². The molecular weight excluding hydrogens is 542 g/mol. The molecule has 1 atom stereocenters. The lowest BCUT2D eigenvalue weighted by Crippen LogP contribution is -2.42. The minimum atomic E-state index is 0.247. The SMILES string of the molecule is Cc1cccc(C(CC2=c3ccccc3=C(N(c3cccc(C)c3)c3cccc(C)c3)C3CC=CC=C23)c2cccc(C)c2)c1. The lowest BCUT2D eigenvalue weighted by molar-refractivity contribution is 0.750. The topological polar surface area (TPSA) is 3.24 Å². The maximum Gasteiger partial charge on any atom is 0.0461 e. The second-order valence-corrected chi connectivity index (χ2v) is 12.8. The molecule has 0 amide bonds. The number of hydrogen-bond donors (Lipinski definition) is 0. The van der Waals surface area contributed by atoms with Crippen LogP contribution < -0.4 is 15.3 Å². The average molecular weight is 584 g/mol.